The van der Waals surface area contributed by atoms with Crippen molar-refractivity contribution in [3.05, 3.63) is 66.5 Å². The van der Waals surface area contributed by atoms with Gasteiger partial charge in [-0.2, -0.15) is 0 Å². The van der Waals surface area contributed by atoms with Crippen LogP contribution in [0.2, 0.25) is 0 Å². The van der Waals surface area contributed by atoms with Crippen LogP contribution >= 0.6 is 0 Å². The first-order chi connectivity index (χ1) is 17.0. The van der Waals surface area contributed by atoms with E-state index in [0.29, 0.717) is 18.9 Å². The van der Waals surface area contributed by atoms with Gasteiger partial charge in [-0.05, 0) is 36.6 Å². The maximum atomic E-state index is 10.4. The predicted molar refractivity (Wildman–Crippen MR) is 147 cm³/mol. The van der Waals surface area contributed by atoms with Crippen molar-refractivity contribution in [2.24, 2.45) is 10.9 Å². The molecule has 0 amide bonds. The highest BCUT2D eigenvalue weighted by atomic mass is 16.3. The van der Waals surface area contributed by atoms with Gasteiger partial charge in [0.05, 0.1) is 6.10 Å². The molecule has 0 aliphatic carbocycles. The van der Waals surface area contributed by atoms with E-state index in [0.717, 1.165) is 53.0 Å². The molecule has 7 heteroatoms. The van der Waals surface area contributed by atoms with Gasteiger partial charge in [-0.3, -0.25) is 4.99 Å². The fourth-order valence-electron chi connectivity index (χ4n) is 4.18. The van der Waals surface area contributed by atoms with E-state index in [9.17, 15) is 5.11 Å². The molecule has 1 aliphatic rings. The number of hydrogen-bond donors (Lipinski definition) is 3. The normalized spacial score (nSPS) is 19.1. The lowest BCUT2D eigenvalue weighted by Crippen LogP contribution is -2.43. The smallest absolute Gasteiger partial charge is 0.161 e. The molecule has 1 aliphatic heterocycles. The average molecular weight is 475 g/mol. The van der Waals surface area contributed by atoms with Crippen LogP contribution in [0.15, 0.2) is 60.4 Å². The number of β-amino-alcohol motifs (C(OH)–C–C–N with tert-alkyl or cyclic N) is 1. The van der Waals surface area contributed by atoms with E-state index in [-0.39, 0.29) is 12.0 Å². The van der Waals surface area contributed by atoms with E-state index in [2.05, 4.69) is 47.3 Å². The first-order valence-corrected chi connectivity index (χ1v) is 12.2. The van der Waals surface area contributed by atoms with E-state index in [1.807, 2.05) is 55.8 Å². The van der Waals surface area contributed by atoms with Crippen LogP contribution in [-0.2, 0) is 0 Å². The topological polar surface area (TPSA) is 85.7 Å². The number of aliphatic hydroxyl groups excluding tert-OH is 1. The quantitative estimate of drug-likeness (QED) is 0.355. The number of hydrogen-bond acceptors (Lipinski definition) is 7. The van der Waals surface area contributed by atoms with Crippen LogP contribution < -0.4 is 10.6 Å². The van der Waals surface area contributed by atoms with Gasteiger partial charge in [0.25, 0.3) is 0 Å². The number of anilines is 1. The van der Waals surface area contributed by atoms with E-state index in [1.54, 1.807) is 7.05 Å². The standard InChI is InChI=1S/C28H38N6O/c1-6-9-23(15-29-3)25-17-32-27(33-28(25)31-16-24-12-13-30-18-26(24)35)22-11-8-10-21(14-22)20(7-2)19-34(4)5/h7-11,14-15,17,19,24,26,30,35H,2,6,12-13,16,18H2,1,3-5H3,(H,31,32,33)/b20-19+,23-9+,29-15?. The Morgan fingerprint density at radius 3 is 2.86 bits per heavy atom. The minimum absolute atomic E-state index is 0.163. The Hall–Kier alpha value is -3.29. The van der Waals surface area contributed by atoms with Crippen LogP contribution in [0.25, 0.3) is 22.5 Å². The molecule has 1 aromatic heterocycles. The summed E-state index contributed by atoms with van der Waals surface area (Å²) in [4.78, 5) is 15.9. The van der Waals surface area contributed by atoms with Gasteiger partial charge in [0, 0.05) is 75.5 Å². The van der Waals surface area contributed by atoms with Crippen molar-refractivity contribution in [2.45, 2.75) is 25.9 Å². The Morgan fingerprint density at radius 1 is 1.34 bits per heavy atom. The maximum Gasteiger partial charge on any atom is 0.161 e. The van der Waals surface area contributed by atoms with Gasteiger partial charge in [-0.15, -0.1) is 0 Å². The Balaban J connectivity index is 2.00. The van der Waals surface area contributed by atoms with Crippen molar-refractivity contribution >= 4 is 23.2 Å². The van der Waals surface area contributed by atoms with E-state index < -0.39 is 0 Å². The number of aliphatic hydroxyl groups is 1. The molecule has 1 aromatic carbocycles. The maximum absolute atomic E-state index is 10.4. The molecule has 7 nitrogen and oxygen atoms in total. The van der Waals surface area contributed by atoms with Crippen LogP contribution in [0.3, 0.4) is 0 Å². The molecule has 0 spiro atoms. The lowest BCUT2D eigenvalue weighted by atomic mass is 9.95. The summed E-state index contributed by atoms with van der Waals surface area (Å²) in [5.41, 5.74) is 4.89. The van der Waals surface area contributed by atoms with Gasteiger partial charge in [0.2, 0.25) is 0 Å². The third-order valence-corrected chi connectivity index (χ3v) is 5.98. The predicted octanol–water partition coefficient (Wildman–Crippen LogP) is 4.11. The van der Waals surface area contributed by atoms with Gasteiger partial charge < -0.3 is 20.6 Å². The first kappa shape index (κ1) is 26.3. The minimum atomic E-state index is -0.374. The number of rotatable bonds is 10. The van der Waals surface area contributed by atoms with Crippen LogP contribution in [0.1, 0.15) is 30.9 Å². The molecule has 3 N–H and O–H groups in total. The summed E-state index contributed by atoms with van der Waals surface area (Å²) in [6, 6.07) is 8.18. The number of aliphatic imine (C=N–C) groups is 1. The Bertz CT molecular complexity index is 1090. The Labute approximate surface area is 209 Å². The second-order valence-electron chi connectivity index (χ2n) is 8.95. The SMILES string of the molecule is C=C/C(=C\N(C)C)c1cccc(-c2ncc(/C(C=NC)=C/CC)c(NCC3CCNCC3O)n2)c1. The molecule has 1 saturated heterocycles. The second kappa shape index (κ2) is 13.0. The zero-order chi connectivity index (χ0) is 25.2. The second-order valence-corrected chi connectivity index (χ2v) is 8.95. The lowest BCUT2D eigenvalue weighted by molar-refractivity contribution is 0.0883. The highest BCUT2D eigenvalue weighted by Gasteiger charge is 2.23. The van der Waals surface area contributed by atoms with Crippen LogP contribution in [0, 0.1) is 5.92 Å². The highest BCUT2D eigenvalue weighted by molar-refractivity contribution is 6.11. The summed E-state index contributed by atoms with van der Waals surface area (Å²) < 4.78 is 0. The molecular formula is C28H38N6O. The summed E-state index contributed by atoms with van der Waals surface area (Å²) >= 11 is 0. The van der Waals surface area contributed by atoms with Gasteiger partial charge in [0.15, 0.2) is 5.82 Å². The van der Waals surface area contributed by atoms with Crippen molar-refractivity contribution in [2.75, 3.05) is 46.1 Å². The van der Waals surface area contributed by atoms with Crippen molar-refractivity contribution in [3.8, 4) is 11.4 Å². The minimum Gasteiger partial charge on any atom is -0.391 e. The van der Waals surface area contributed by atoms with Crippen LogP contribution in [0.5, 0.6) is 0 Å². The van der Waals surface area contributed by atoms with Gasteiger partial charge in [-0.25, -0.2) is 9.97 Å². The summed E-state index contributed by atoms with van der Waals surface area (Å²) in [6.07, 6.45) is 11.1. The van der Waals surface area contributed by atoms with Crippen LogP contribution in [0.4, 0.5) is 5.82 Å². The molecule has 0 saturated carbocycles. The third-order valence-electron chi connectivity index (χ3n) is 5.98. The van der Waals surface area contributed by atoms with Crippen molar-refractivity contribution < 1.29 is 5.11 Å². The number of nitrogens with zero attached hydrogens (tertiary/aromatic N) is 4. The van der Waals surface area contributed by atoms with Crippen molar-refractivity contribution in [3.63, 3.8) is 0 Å². The average Bonchev–Trinajstić information content (AvgIpc) is 2.86. The molecule has 0 bridgehead atoms. The highest BCUT2D eigenvalue weighted by Crippen LogP contribution is 2.27. The Kier molecular flexibility index (Phi) is 9.76. The number of nitrogens with one attached hydrogen (secondary N) is 2. The van der Waals surface area contributed by atoms with E-state index in [4.69, 9.17) is 9.97 Å². The summed E-state index contributed by atoms with van der Waals surface area (Å²) in [5, 5.41) is 17.2. The lowest BCUT2D eigenvalue weighted by Gasteiger charge is -2.29. The monoisotopic (exact) mass is 474 g/mol. The fraction of sp³-hybridized carbons (Fsp3) is 0.393. The number of allylic oxidation sites excluding steroid dienone is 4. The molecule has 3 rings (SSSR count). The van der Waals surface area contributed by atoms with E-state index in [1.165, 1.54) is 0 Å². The molecule has 2 heterocycles. The molecular weight excluding hydrogens is 436 g/mol. The molecule has 186 valence electrons. The third kappa shape index (κ3) is 7.10. The fourth-order valence-corrected chi connectivity index (χ4v) is 4.18. The molecule has 2 aromatic rings. The first-order valence-electron chi connectivity index (χ1n) is 12.2. The summed E-state index contributed by atoms with van der Waals surface area (Å²) in [6.45, 7) is 8.24. The van der Waals surface area contributed by atoms with Gasteiger partial charge >= 0.3 is 0 Å². The number of benzene rings is 1. The zero-order valence-corrected chi connectivity index (χ0v) is 21.3. The molecule has 35 heavy (non-hydrogen) atoms. The van der Waals surface area contributed by atoms with Crippen molar-refractivity contribution in [1.29, 1.82) is 0 Å². The zero-order valence-electron chi connectivity index (χ0n) is 21.3. The van der Waals surface area contributed by atoms with Crippen LogP contribution in [-0.4, -0.2) is 73.1 Å². The summed E-state index contributed by atoms with van der Waals surface area (Å²) in [5.74, 6) is 1.55. The van der Waals surface area contributed by atoms with Gasteiger partial charge in [-0.1, -0.05) is 43.9 Å². The molecule has 1 fully saturated rings. The van der Waals surface area contributed by atoms with E-state index >= 15 is 0 Å². The molecule has 2 atom stereocenters. The number of piperidine rings is 1. The van der Waals surface area contributed by atoms with Crippen molar-refractivity contribution in [1.82, 2.24) is 20.2 Å². The summed E-state index contributed by atoms with van der Waals surface area (Å²) in [7, 11) is 5.75. The molecule has 0 radical (unpaired) electrons. The largest absolute Gasteiger partial charge is 0.391 e. The Morgan fingerprint density at radius 2 is 2.17 bits per heavy atom. The molecule has 2 unspecified atom stereocenters. The number of aromatic nitrogens is 2. The van der Waals surface area contributed by atoms with Gasteiger partial charge in [0.1, 0.15) is 5.82 Å².